The summed E-state index contributed by atoms with van der Waals surface area (Å²) in [7, 11) is 0. The minimum Gasteiger partial charge on any atom is -0.493 e. The predicted octanol–water partition coefficient (Wildman–Crippen LogP) is 8.25. The van der Waals surface area contributed by atoms with E-state index >= 15 is 0 Å². The monoisotopic (exact) mass is 500 g/mol. The van der Waals surface area contributed by atoms with Crippen molar-refractivity contribution in [3.05, 3.63) is 89.2 Å². The quantitative estimate of drug-likeness (QED) is 0.352. The molecule has 0 saturated heterocycles. The van der Waals surface area contributed by atoms with E-state index in [1.54, 1.807) is 32.0 Å². The maximum atomic E-state index is 13.9. The Morgan fingerprint density at radius 2 is 1.83 bits per heavy atom. The Morgan fingerprint density at radius 3 is 2.50 bits per heavy atom. The highest BCUT2D eigenvalue weighted by Gasteiger charge is 2.34. The van der Waals surface area contributed by atoms with Gasteiger partial charge in [-0.25, -0.2) is 0 Å². The molecule has 6 heteroatoms. The SMILES string of the molecule is C=C(/C=C1/CC(C)C/C1=C/C)OCc1cccc(-c2ccc(OCCC(C)(C)O)cc2C(F)(F)F)c1. The molecule has 0 aliphatic heterocycles. The number of aliphatic hydroxyl groups is 1. The third-order valence-corrected chi connectivity index (χ3v) is 6.17. The van der Waals surface area contributed by atoms with Crippen molar-refractivity contribution in [3.8, 4) is 16.9 Å². The molecule has 0 radical (unpaired) electrons. The summed E-state index contributed by atoms with van der Waals surface area (Å²) >= 11 is 0. The third kappa shape index (κ3) is 7.76. The predicted molar refractivity (Wildman–Crippen MR) is 137 cm³/mol. The van der Waals surface area contributed by atoms with Crippen LogP contribution in [0.1, 0.15) is 58.1 Å². The number of allylic oxidation sites excluding steroid dienone is 4. The second-order valence-corrected chi connectivity index (χ2v) is 10.1. The Hall–Kier alpha value is -2.99. The van der Waals surface area contributed by atoms with Crippen molar-refractivity contribution in [1.82, 2.24) is 0 Å². The first-order chi connectivity index (χ1) is 16.9. The van der Waals surface area contributed by atoms with Crippen molar-refractivity contribution < 1.29 is 27.8 Å². The highest BCUT2D eigenvalue weighted by molar-refractivity contribution is 5.69. The van der Waals surface area contributed by atoms with Crippen molar-refractivity contribution in [2.24, 2.45) is 5.92 Å². The van der Waals surface area contributed by atoms with E-state index in [0.29, 0.717) is 23.7 Å². The fourth-order valence-corrected chi connectivity index (χ4v) is 4.30. The van der Waals surface area contributed by atoms with E-state index in [4.69, 9.17) is 9.47 Å². The normalized spacial score (nSPS) is 18.6. The van der Waals surface area contributed by atoms with E-state index in [2.05, 4.69) is 19.6 Å². The van der Waals surface area contributed by atoms with Gasteiger partial charge in [0.05, 0.1) is 17.8 Å². The maximum absolute atomic E-state index is 13.9. The van der Waals surface area contributed by atoms with Gasteiger partial charge in [-0.2, -0.15) is 13.2 Å². The highest BCUT2D eigenvalue weighted by atomic mass is 19.4. The van der Waals surface area contributed by atoms with Gasteiger partial charge in [-0.05, 0) is 91.6 Å². The van der Waals surface area contributed by atoms with Crippen LogP contribution in [0.15, 0.2) is 78.1 Å². The van der Waals surface area contributed by atoms with E-state index in [9.17, 15) is 18.3 Å². The number of alkyl halides is 3. The zero-order valence-corrected chi connectivity index (χ0v) is 21.4. The zero-order chi connectivity index (χ0) is 26.5. The van der Waals surface area contributed by atoms with Gasteiger partial charge in [0, 0.05) is 6.42 Å². The van der Waals surface area contributed by atoms with E-state index in [1.807, 2.05) is 19.1 Å². The number of rotatable bonds is 9. The molecular weight excluding hydrogens is 465 g/mol. The number of ether oxygens (including phenoxy) is 2. The molecule has 1 unspecified atom stereocenters. The lowest BCUT2D eigenvalue weighted by Gasteiger charge is -2.19. The fourth-order valence-electron chi connectivity index (χ4n) is 4.30. The maximum Gasteiger partial charge on any atom is 0.417 e. The summed E-state index contributed by atoms with van der Waals surface area (Å²) < 4.78 is 53.1. The largest absolute Gasteiger partial charge is 0.493 e. The zero-order valence-electron chi connectivity index (χ0n) is 21.4. The first kappa shape index (κ1) is 27.6. The molecule has 36 heavy (non-hydrogen) atoms. The molecular formula is C30H35F3O3. The van der Waals surface area contributed by atoms with Gasteiger partial charge in [0.1, 0.15) is 18.1 Å². The van der Waals surface area contributed by atoms with Gasteiger partial charge in [-0.1, -0.05) is 43.8 Å². The minimum atomic E-state index is -4.55. The van der Waals surface area contributed by atoms with Crippen molar-refractivity contribution in [1.29, 1.82) is 0 Å². The molecule has 3 rings (SSSR count). The molecule has 1 atom stereocenters. The van der Waals surface area contributed by atoms with Crippen LogP contribution in [-0.4, -0.2) is 17.3 Å². The van der Waals surface area contributed by atoms with Gasteiger partial charge in [-0.15, -0.1) is 0 Å². The van der Waals surface area contributed by atoms with Crippen LogP contribution in [0.25, 0.3) is 11.1 Å². The van der Waals surface area contributed by atoms with E-state index in [0.717, 1.165) is 24.5 Å². The van der Waals surface area contributed by atoms with Gasteiger partial charge < -0.3 is 14.6 Å². The van der Waals surface area contributed by atoms with Crippen LogP contribution in [-0.2, 0) is 17.5 Å². The Bertz CT molecular complexity index is 1140. The summed E-state index contributed by atoms with van der Waals surface area (Å²) in [5, 5.41) is 9.80. The Labute approximate surface area is 212 Å². The van der Waals surface area contributed by atoms with Crippen LogP contribution in [0.4, 0.5) is 13.2 Å². The van der Waals surface area contributed by atoms with Gasteiger partial charge in [-0.3, -0.25) is 0 Å². The third-order valence-electron chi connectivity index (χ3n) is 6.17. The van der Waals surface area contributed by atoms with E-state index < -0.39 is 17.3 Å². The first-order valence-electron chi connectivity index (χ1n) is 12.2. The number of halogens is 3. The second kappa shape index (κ2) is 11.4. The molecule has 1 fully saturated rings. The molecule has 1 aliphatic carbocycles. The molecule has 1 N–H and O–H groups in total. The molecule has 2 aromatic carbocycles. The summed E-state index contributed by atoms with van der Waals surface area (Å²) in [5.41, 5.74) is 2.06. The van der Waals surface area contributed by atoms with Crippen LogP contribution < -0.4 is 4.74 Å². The summed E-state index contributed by atoms with van der Waals surface area (Å²) in [6.45, 7) is 11.8. The number of benzene rings is 2. The molecule has 194 valence electrons. The van der Waals surface area contributed by atoms with Gasteiger partial charge in [0.25, 0.3) is 0 Å². The minimum absolute atomic E-state index is 0.0674. The van der Waals surface area contributed by atoms with E-state index in [-0.39, 0.29) is 24.5 Å². The Balaban J connectivity index is 1.75. The first-order valence-corrected chi connectivity index (χ1v) is 12.2. The molecule has 0 bridgehead atoms. The smallest absolute Gasteiger partial charge is 0.417 e. The number of hydrogen-bond acceptors (Lipinski definition) is 3. The van der Waals surface area contributed by atoms with Gasteiger partial charge in [0.2, 0.25) is 0 Å². The fraction of sp³-hybridized carbons (Fsp3) is 0.400. The van der Waals surface area contributed by atoms with E-state index in [1.165, 1.54) is 23.3 Å². The standard InChI is InChI=1S/C30H35F3O3/c1-6-23-14-20(2)15-25(23)16-21(3)36-19-22-8-7-9-24(17-22)27-11-10-26(18-28(27)30(31,32)33)35-13-12-29(4,5)34/h6-11,16-18,20,34H,3,12-15,19H2,1-2,4-5H3/b23-6-,25-16-. The summed E-state index contributed by atoms with van der Waals surface area (Å²) in [6.07, 6.45) is 1.85. The van der Waals surface area contributed by atoms with Crippen LogP contribution >= 0.6 is 0 Å². The lowest BCUT2D eigenvalue weighted by atomic mass is 9.97. The lowest BCUT2D eigenvalue weighted by Crippen LogP contribution is -2.21. The van der Waals surface area contributed by atoms with Gasteiger partial charge >= 0.3 is 6.18 Å². The molecule has 1 aliphatic rings. The van der Waals surface area contributed by atoms with Crippen LogP contribution in [0, 0.1) is 5.92 Å². The summed E-state index contributed by atoms with van der Waals surface area (Å²) in [5.74, 6) is 1.24. The lowest BCUT2D eigenvalue weighted by molar-refractivity contribution is -0.137. The number of hydrogen-bond donors (Lipinski definition) is 1. The summed E-state index contributed by atoms with van der Waals surface area (Å²) in [4.78, 5) is 0. The van der Waals surface area contributed by atoms with Crippen LogP contribution in [0.3, 0.4) is 0 Å². The molecule has 2 aromatic rings. The average Bonchev–Trinajstić information content (AvgIpc) is 3.15. The summed E-state index contributed by atoms with van der Waals surface area (Å²) in [6, 6.07) is 10.9. The average molecular weight is 501 g/mol. The Morgan fingerprint density at radius 1 is 1.11 bits per heavy atom. The molecule has 0 spiro atoms. The van der Waals surface area contributed by atoms with Crippen LogP contribution in [0.5, 0.6) is 5.75 Å². The molecule has 1 saturated carbocycles. The topological polar surface area (TPSA) is 38.7 Å². The van der Waals surface area contributed by atoms with Gasteiger partial charge in [0.15, 0.2) is 0 Å². The van der Waals surface area contributed by atoms with Crippen molar-refractivity contribution in [2.45, 2.75) is 65.3 Å². The molecule has 3 nitrogen and oxygen atoms in total. The molecule has 0 aromatic heterocycles. The second-order valence-electron chi connectivity index (χ2n) is 10.1. The molecule has 0 heterocycles. The highest BCUT2D eigenvalue weighted by Crippen LogP contribution is 2.40. The van der Waals surface area contributed by atoms with Crippen molar-refractivity contribution in [3.63, 3.8) is 0 Å². The van der Waals surface area contributed by atoms with Crippen molar-refractivity contribution in [2.75, 3.05) is 6.61 Å². The van der Waals surface area contributed by atoms with Crippen LogP contribution in [0.2, 0.25) is 0 Å². The van der Waals surface area contributed by atoms with Crippen molar-refractivity contribution >= 4 is 0 Å². The molecule has 0 amide bonds. The Kier molecular flexibility index (Phi) is 8.72.